The molecule has 2 aromatic carbocycles. The third-order valence-corrected chi connectivity index (χ3v) is 5.94. The SMILES string of the molecule is CC[C@@H](C(=O)NC(C)C)N(Cc1ccc(C)cc1)C(=O)CSCc1ccc(Cl)cc1. The van der Waals surface area contributed by atoms with Crippen LogP contribution in [-0.4, -0.2) is 34.6 Å². The molecule has 0 bridgehead atoms. The van der Waals surface area contributed by atoms with E-state index in [1.807, 2.05) is 76.2 Å². The molecule has 0 aromatic heterocycles. The quantitative estimate of drug-likeness (QED) is 0.544. The first-order valence-corrected chi connectivity index (χ1v) is 11.8. The van der Waals surface area contributed by atoms with Gasteiger partial charge in [0.2, 0.25) is 11.8 Å². The van der Waals surface area contributed by atoms with Gasteiger partial charge >= 0.3 is 0 Å². The van der Waals surface area contributed by atoms with Crippen molar-refractivity contribution >= 4 is 35.2 Å². The Morgan fingerprint density at radius 2 is 1.63 bits per heavy atom. The van der Waals surface area contributed by atoms with Gasteiger partial charge in [-0.2, -0.15) is 0 Å². The standard InChI is InChI=1S/C24H31ClN2O2S/c1-5-22(24(29)26-17(2)3)27(14-19-8-6-18(4)7-9-19)23(28)16-30-15-20-10-12-21(25)13-11-20/h6-13,17,22H,5,14-16H2,1-4H3,(H,26,29)/t22-/m0/s1. The lowest BCUT2D eigenvalue weighted by Crippen LogP contribution is -2.50. The van der Waals surface area contributed by atoms with Gasteiger partial charge in [0.1, 0.15) is 6.04 Å². The lowest BCUT2D eigenvalue weighted by molar-refractivity contribution is -0.139. The van der Waals surface area contributed by atoms with E-state index < -0.39 is 6.04 Å². The molecule has 1 atom stereocenters. The number of thioether (sulfide) groups is 1. The Kier molecular flexibility index (Phi) is 9.73. The predicted molar refractivity (Wildman–Crippen MR) is 127 cm³/mol. The van der Waals surface area contributed by atoms with Crippen molar-refractivity contribution in [1.82, 2.24) is 10.2 Å². The van der Waals surface area contributed by atoms with Gasteiger partial charge in [-0.05, 0) is 50.5 Å². The summed E-state index contributed by atoms with van der Waals surface area (Å²) in [5, 5.41) is 3.66. The van der Waals surface area contributed by atoms with E-state index in [-0.39, 0.29) is 17.9 Å². The summed E-state index contributed by atoms with van der Waals surface area (Å²) in [4.78, 5) is 27.7. The van der Waals surface area contributed by atoms with Crippen LogP contribution in [0.1, 0.15) is 43.9 Å². The summed E-state index contributed by atoms with van der Waals surface area (Å²) in [7, 11) is 0. The molecule has 2 rings (SSSR count). The van der Waals surface area contributed by atoms with E-state index in [1.165, 1.54) is 5.56 Å². The maximum Gasteiger partial charge on any atom is 0.243 e. The first kappa shape index (κ1) is 24.3. The van der Waals surface area contributed by atoms with Crippen LogP contribution < -0.4 is 5.32 Å². The summed E-state index contributed by atoms with van der Waals surface area (Å²) < 4.78 is 0. The molecule has 4 nitrogen and oxygen atoms in total. The minimum absolute atomic E-state index is 0.0275. The van der Waals surface area contributed by atoms with Gasteiger partial charge in [0.15, 0.2) is 0 Å². The highest BCUT2D eigenvalue weighted by Crippen LogP contribution is 2.19. The zero-order valence-corrected chi connectivity index (χ0v) is 19.7. The first-order valence-electron chi connectivity index (χ1n) is 10.3. The minimum Gasteiger partial charge on any atom is -0.352 e. The van der Waals surface area contributed by atoms with Gasteiger partial charge in [-0.25, -0.2) is 0 Å². The summed E-state index contributed by atoms with van der Waals surface area (Å²) in [5.41, 5.74) is 3.30. The Morgan fingerprint density at radius 3 is 2.20 bits per heavy atom. The number of nitrogens with one attached hydrogen (secondary N) is 1. The van der Waals surface area contributed by atoms with Gasteiger partial charge in [0.25, 0.3) is 0 Å². The molecule has 0 unspecified atom stereocenters. The molecule has 30 heavy (non-hydrogen) atoms. The average Bonchev–Trinajstić information content (AvgIpc) is 2.70. The van der Waals surface area contributed by atoms with E-state index in [1.54, 1.807) is 16.7 Å². The average molecular weight is 447 g/mol. The van der Waals surface area contributed by atoms with Crippen molar-refractivity contribution in [2.24, 2.45) is 0 Å². The van der Waals surface area contributed by atoms with E-state index >= 15 is 0 Å². The molecule has 1 N–H and O–H groups in total. The molecular weight excluding hydrogens is 416 g/mol. The number of hydrogen-bond acceptors (Lipinski definition) is 3. The topological polar surface area (TPSA) is 49.4 Å². The zero-order valence-electron chi connectivity index (χ0n) is 18.2. The number of rotatable bonds is 10. The number of carbonyl (C=O) groups is 2. The minimum atomic E-state index is -0.489. The second kappa shape index (κ2) is 12.0. The molecule has 0 saturated heterocycles. The maximum absolute atomic E-state index is 13.2. The van der Waals surface area contributed by atoms with E-state index in [2.05, 4.69) is 5.32 Å². The summed E-state index contributed by atoms with van der Waals surface area (Å²) in [6, 6.07) is 15.3. The monoisotopic (exact) mass is 446 g/mol. The highest BCUT2D eigenvalue weighted by atomic mass is 35.5. The van der Waals surface area contributed by atoms with Crippen molar-refractivity contribution in [1.29, 1.82) is 0 Å². The van der Waals surface area contributed by atoms with Crippen molar-refractivity contribution in [2.75, 3.05) is 5.75 Å². The number of carbonyl (C=O) groups excluding carboxylic acids is 2. The molecule has 162 valence electrons. The number of benzene rings is 2. The highest BCUT2D eigenvalue weighted by Gasteiger charge is 2.28. The van der Waals surface area contributed by atoms with Gasteiger partial charge in [0, 0.05) is 23.4 Å². The number of aryl methyl sites for hydroxylation is 1. The van der Waals surface area contributed by atoms with Crippen molar-refractivity contribution in [3.05, 3.63) is 70.2 Å². The third-order valence-electron chi connectivity index (χ3n) is 4.70. The van der Waals surface area contributed by atoms with Gasteiger partial charge in [-0.1, -0.05) is 60.5 Å². The Morgan fingerprint density at radius 1 is 1.03 bits per heavy atom. The molecular formula is C24H31ClN2O2S. The van der Waals surface area contributed by atoms with Crippen LogP contribution in [0, 0.1) is 6.92 Å². The fourth-order valence-electron chi connectivity index (χ4n) is 3.11. The molecule has 0 fully saturated rings. The second-order valence-corrected chi connectivity index (χ2v) is 9.14. The van der Waals surface area contributed by atoms with Crippen LogP contribution in [0.2, 0.25) is 5.02 Å². The predicted octanol–water partition coefficient (Wildman–Crippen LogP) is 5.21. The van der Waals surface area contributed by atoms with Crippen LogP contribution in [0.5, 0.6) is 0 Å². The molecule has 6 heteroatoms. The number of nitrogens with zero attached hydrogens (tertiary/aromatic N) is 1. The summed E-state index contributed by atoms with van der Waals surface area (Å²) in [6.45, 7) is 8.26. The molecule has 0 aliphatic heterocycles. The normalized spacial score (nSPS) is 11.9. The van der Waals surface area contributed by atoms with Crippen LogP contribution in [0.15, 0.2) is 48.5 Å². The van der Waals surface area contributed by atoms with Crippen molar-refractivity contribution in [2.45, 2.75) is 58.5 Å². The van der Waals surface area contributed by atoms with Gasteiger partial charge in [0.05, 0.1) is 5.75 Å². The van der Waals surface area contributed by atoms with Gasteiger partial charge < -0.3 is 10.2 Å². The largest absolute Gasteiger partial charge is 0.352 e. The van der Waals surface area contributed by atoms with Gasteiger partial charge in [-0.3, -0.25) is 9.59 Å². The number of halogens is 1. The number of hydrogen-bond donors (Lipinski definition) is 1. The van der Waals surface area contributed by atoms with Crippen LogP contribution in [0.3, 0.4) is 0 Å². The van der Waals surface area contributed by atoms with Crippen LogP contribution >= 0.6 is 23.4 Å². The maximum atomic E-state index is 13.2. The van der Waals surface area contributed by atoms with E-state index in [0.29, 0.717) is 23.7 Å². The van der Waals surface area contributed by atoms with E-state index in [4.69, 9.17) is 11.6 Å². The fraction of sp³-hybridized carbons (Fsp3) is 0.417. The molecule has 0 spiro atoms. The van der Waals surface area contributed by atoms with Gasteiger partial charge in [-0.15, -0.1) is 11.8 Å². The smallest absolute Gasteiger partial charge is 0.243 e. The molecule has 0 heterocycles. The van der Waals surface area contributed by atoms with Crippen LogP contribution in [0.4, 0.5) is 0 Å². The van der Waals surface area contributed by atoms with Crippen LogP contribution in [0.25, 0.3) is 0 Å². The Bertz CT molecular complexity index is 822. The molecule has 2 aromatic rings. The summed E-state index contributed by atoms with van der Waals surface area (Å²) >= 11 is 7.48. The van der Waals surface area contributed by atoms with E-state index in [0.717, 1.165) is 16.9 Å². The Balaban J connectivity index is 2.11. The summed E-state index contributed by atoms with van der Waals surface area (Å²) in [6.07, 6.45) is 0.567. The van der Waals surface area contributed by atoms with Crippen molar-refractivity contribution in [3.8, 4) is 0 Å². The Hall–Kier alpha value is -1.98. The second-order valence-electron chi connectivity index (χ2n) is 7.71. The zero-order chi connectivity index (χ0) is 22.1. The Labute approximate surface area is 189 Å². The lowest BCUT2D eigenvalue weighted by Gasteiger charge is -2.31. The van der Waals surface area contributed by atoms with Crippen molar-refractivity contribution in [3.63, 3.8) is 0 Å². The number of amides is 2. The van der Waals surface area contributed by atoms with Crippen molar-refractivity contribution < 1.29 is 9.59 Å². The van der Waals surface area contributed by atoms with Crippen LogP contribution in [-0.2, 0) is 21.9 Å². The molecule has 2 amide bonds. The molecule has 0 aliphatic carbocycles. The lowest BCUT2D eigenvalue weighted by atomic mass is 10.1. The molecule has 0 aliphatic rings. The molecule has 0 saturated carbocycles. The highest BCUT2D eigenvalue weighted by molar-refractivity contribution is 7.99. The van der Waals surface area contributed by atoms with E-state index in [9.17, 15) is 9.59 Å². The molecule has 0 radical (unpaired) electrons. The fourth-order valence-corrected chi connectivity index (χ4v) is 4.11. The summed E-state index contributed by atoms with van der Waals surface area (Å²) in [5.74, 6) is 0.909. The third kappa shape index (κ3) is 7.69. The first-order chi connectivity index (χ1) is 14.3.